The van der Waals surface area contributed by atoms with Gasteiger partial charge in [-0.15, -0.1) is 0 Å². The Bertz CT molecular complexity index is 999. The number of benzene rings is 1. The topological polar surface area (TPSA) is 103 Å². The highest BCUT2D eigenvalue weighted by molar-refractivity contribution is 7.89. The quantitative estimate of drug-likeness (QED) is 0.807. The van der Waals surface area contributed by atoms with Gasteiger partial charge in [-0.25, -0.2) is 22.5 Å². The average molecular weight is 410 g/mol. The van der Waals surface area contributed by atoms with Crippen LogP contribution in [0.5, 0.6) is 0 Å². The van der Waals surface area contributed by atoms with Gasteiger partial charge in [0.2, 0.25) is 10.0 Å². The molecule has 142 valence electrons. The van der Waals surface area contributed by atoms with Gasteiger partial charge in [-0.3, -0.25) is 0 Å². The first-order valence-corrected chi connectivity index (χ1v) is 10.2. The summed E-state index contributed by atoms with van der Waals surface area (Å²) in [5.74, 6) is -0.738. The van der Waals surface area contributed by atoms with Crippen LogP contribution in [0.2, 0.25) is 5.02 Å². The Morgan fingerprint density at radius 1 is 1.22 bits per heavy atom. The van der Waals surface area contributed by atoms with E-state index in [1.54, 1.807) is 6.07 Å². The van der Waals surface area contributed by atoms with Gasteiger partial charge in [0, 0.05) is 11.6 Å². The molecule has 0 spiro atoms. The highest BCUT2D eigenvalue weighted by Crippen LogP contribution is 2.30. The van der Waals surface area contributed by atoms with Gasteiger partial charge in [0.15, 0.2) is 11.5 Å². The molecule has 0 aliphatic heterocycles. The summed E-state index contributed by atoms with van der Waals surface area (Å²) in [5, 5.41) is 18.5. The number of sulfonamides is 1. The monoisotopic (exact) mass is 409 g/mol. The molecule has 0 unspecified atom stereocenters. The summed E-state index contributed by atoms with van der Waals surface area (Å²) in [6.07, 6.45) is 1.89. The molecule has 6 nitrogen and oxygen atoms in total. The maximum absolute atomic E-state index is 13.4. The van der Waals surface area contributed by atoms with Gasteiger partial charge < -0.3 is 5.11 Å². The van der Waals surface area contributed by atoms with Crippen LogP contribution in [-0.2, 0) is 10.0 Å². The first-order chi connectivity index (χ1) is 12.8. The summed E-state index contributed by atoms with van der Waals surface area (Å²) >= 11 is 6.23. The molecule has 1 aliphatic rings. The van der Waals surface area contributed by atoms with Crippen LogP contribution < -0.4 is 4.72 Å². The minimum absolute atomic E-state index is 0.00462. The van der Waals surface area contributed by atoms with Crippen molar-refractivity contribution in [3.8, 4) is 17.3 Å². The van der Waals surface area contributed by atoms with Crippen molar-refractivity contribution in [3.05, 3.63) is 46.9 Å². The Hall–Kier alpha value is -2.05. The number of aromatic nitrogens is 1. The lowest BCUT2D eigenvalue weighted by atomic mass is 9.94. The number of aliphatic hydroxyl groups is 1. The molecule has 27 heavy (non-hydrogen) atoms. The predicted octanol–water partition coefficient (Wildman–Crippen LogP) is 2.99. The van der Waals surface area contributed by atoms with Crippen molar-refractivity contribution < 1.29 is 17.9 Å². The summed E-state index contributed by atoms with van der Waals surface area (Å²) in [6.45, 7) is 0. The fourth-order valence-corrected chi connectivity index (χ4v) is 4.70. The third kappa shape index (κ3) is 4.45. The molecular weight excluding hydrogens is 393 g/mol. The standard InChI is InChI=1S/C18H17ClFN3O3S/c19-15-9-13(27(25,26)23-11-1-3-12(24)4-2-11)5-6-14(15)17-8-7-16(20)18(10-21)22-17/h5-9,11-12,23-24H,1-4H2/t11-,12+. The van der Waals surface area contributed by atoms with E-state index >= 15 is 0 Å². The van der Waals surface area contributed by atoms with Gasteiger partial charge in [-0.05, 0) is 56.0 Å². The molecule has 9 heteroatoms. The minimum Gasteiger partial charge on any atom is -0.393 e. The van der Waals surface area contributed by atoms with Crippen molar-refractivity contribution in [2.24, 2.45) is 0 Å². The number of pyridine rings is 1. The van der Waals surface area contributed by atoms with Crippen LogP contribution in [0.25, 0.3) is 11.3 Å². The summed E-state index contributed by atoms with van der Waals surface area (Å²) < 4.78 is 41.2. The van der Waals surface area contributed by atoms with Crippen molar-refractivity contribution in [1.29, 1.82) is 5.26 Å². The minimum atomic E-state index is -3.77. The Kier molecular flexibility index (Phi) is 5.77. The molecule has 1 heterocycles. The highest BCUT2D eigenvalue weighted by atomic mass is 35.5. The Labute approximate surface area is 161 Å². The van der Waals surface area contributed by atoms with E-state index in [2.05, 4.69) is 9.71 Å². The highest BCUT2D eigenvalue weighted by Gasteiger charge is 2.25. The van der Waals surface area contributed by atoms with Crippen molar-refractivity contribution in [2.75, 3.05) is 0 Å². The second-order valence-electron chi connectivity index (χ2n) is 6.41. The maximum Gasteiger partial charge on any atom is 0.240 e. The lowest BCUT2D eigenvalue weighted by Gasteiger charge is -2.26. The third-order valence-electron chi connectivity index (χ3n) is 4.50. The molecule has 1 saturated carbocycles. The smallest absolute Gasteiger partial charge is 0.240 e. The zero-order chi connectivity index (χ0) is 19.6. The Balaban J connectivity index is 1.85. The molecule has 2 aromatic rings. The van der Waals surface area contributed by atoms with Crippen molar-refractivity contribution >= 4 is 21.6 Å². The second-order valence-corrected chi connectivity index (χ2v) is 8.53. The van der Waals surface area contributed by atoms with E-state index in [1.165, 1.54) is 24.3 Å². The molecule has 0 radical (unpaired) electrons. The van der Waals surface area contributed by atoms with Crippen LogP contribution in [0, 0.1) is 17.1 Å². The molecule has 0 atom stereocenters. The van der Waals surface area contributed by atoms with Crippen molar-refractivity contribution in [3.63, 3.8) is 0 Å². The SMILES string of the molecule is N#Cc1nc(-c2ccc(S(=O)(=O)N[C@H]3CC[C@@H](O)CC3)cc2Cl)ccc1F. The fraction of sp³-hybridized carbons (Fsp3) is 0.333. The van der Waals surface area contributed by atoms with Crippen molar-refractivity contribution in [2.45, 2.75) is 42.7 Å². The number of aliphatic hydroxyl groups excluding tert-OH is 1. The van der Waals surface area contributed by atoms with Crippen LogP contribution in [0.4, 0.5) is 4.39 Å². The van der Waals surface area contributed by atoms with E-state index in [0.29, 0.717) is 31.2 Å². The molecule has 1 aliphatic carbocycles. The first-order valence-electron chi connectivity index (χ1n) is 8.37. The largest absolute Gasteiger partial charge is 0.393 e. The summed E-state index contributed by atoms with van der Waals surface area (Å²) in [4.78, 5) is 3.91. The van der Waals surface area contributed by atoms with Crippen LogP contribution in [-0.4, -0.2) is 30.7 Å². The predicted molar refractivity (Wildman–Crippen MR) is 97.9 cm³/mol. The van der Waals surface area contributed by atoms with E-state index in [0.717, 1.165) is 6.07 Å². The normalized spacial score (nSPS) is 20.2. The number of halogens is 2. The molecule has 0 bridgehead atoms. The van der Waals surface area contributed by atoms with Gasteiger partial charge in [0.05, 0.1) is 21.7 Å². The first kappa shape index (κ1) is 19.7. The van der Waals surface area contributed by atoms with E-state index in [4.69, 9.17) is 16.9 Å². The molecule has 3 rings (SSSR count). The maximum atomic E-state index is 13.4. The lowest BCUT2D eigenvalue weighted by molar-refractivity contribution is 0.120. The number of hydrogen-bond donors (Lipinski definition) is 2. The number of nitrogens with one attached hydrogen (secondary N) is 1. The van der Waals surface area contributed by atoms with Gasteiger partial charge in [0.1, 0.15) is 6.07 Å². The lowest BCUT2D eigenvalue weighted by Crippen LogP contribution is -2.38. The Morgan fingerprint density at radius 2 is 1.93 bits per heavy atom. The molecular formula is C18H17ClFN3O3S. The van der Waals surface area contributed by atoms with Crippen molar-refractivity contribution in [1.82, 2.24) is 9.71 Å². The van der Waals surface area contributed by atoms with Crippen LogP contribution >= 0.6 is 11.6 Å². The molecule has 0 amide bonds. The van der Waals surface area contributed by atoms with Crippen LogP contribution in [0.15, 0.2) is 35.2 Å². The van der Waals surface area contributed by atoms with E-state index in [9.17, 15) is 17.9 Å². The summed E-state index contributed by atoms with van der Waals surface area (Å²) in [7, 11) is -3.77. The third-order valence-corrected chi connectivity index (χ3v) is 6.33. The zero-order valence-electron chi connectivity index (χ0n) is 14.2. The fourth-order valence-electron chi connectivity index (χ4n) is 3.02. The molecule has 1 fully saturated rings. The van der Waals surface area contributed by atoms with Gasteiger partial charge >= 0.3 is 0 Å². The van der Waals surface area contributed by atoms with E-state index < -0.39 is 15.8 Å². The van der Waals surface area contributed by atoms with E-state index in [-0.39, 0.29) is 33.5 Å². The molecule has 2 N–H and O–H groups in total. The van der Waals surface area contributed by atoms with Crippen LogP contribution in [0.1, 0.15) is 31.4 Å². The van der Waals surface area contributed by atoms with Gasteiger partial charge in [-0.1, -0.05) is 11.6 Å². The van der Waals surface area contributed by atoms with Gasteiger partial charge in [0.25, 0.3) is 0 Å². The number of nitrogens with zero attached hydrogens (tertiary/aromatic N) is 2. The van der Waals surface area contributed by atoms with Gasteiger partial charge in [-0.2, -0.15) is 5.26 Å². The molecule has 1 aromatic carbocycles. The summed E-state index contributed by atoms with van der Waals surface area (Å²) in [6, 6.07) is 8.07. The number of nitriles is 1. The molecule has 0 saturated heterocycles. The van der Waals surface area contributed by atoms with E-state index in [1.807, 2.05) is 0 Å². The second kappa shape index (κ2) is 7.90. The zero-order valence-corrected chi connectivity index (χ0v) is 15.8. The van der Waals surface area contributed by atoms with Crippen LogP contribution in [0.3, 0.4) is 0 Å². The molecule has 1 aromatic heterocycles. The number of hydrogen-bond acceptors (Lipinski definition) is 5. The average Bonchev–Trinajstić information content (AvgIpc) is 2.64. The number of rotatable bonds is 4. The Morgan fingerprint density at radius 3 is 2.56 bits per heavy atom. The summed E-state index contributed by atoms with van der Waals surface area (Å²) in [5.41, 5.74) is 0.311.